The number of benzene rings is 1. The molecular weight excluding hydrogens is 329 g/mol. The molecule has 1 rings (SSSR count). The lowest BCUT2D eigenvalue weighted by atomic mass is 10.1. The summed E-state index contributed by atoms with van der Waals surface area (Å²) >= 11 is 0. The molecule has 0 heterocycles. The molecule has 0 fully saturated rings. The Labute approximate surface area is 135 Å². The lowest BCUT2D eigenvalue weighted by Crippen LogP contribution is -2.55. The first-order valence-corrected chi connectivity index (χ1v) is 6.90. The molecule has 0 unspecified atom stereocenters. The molecule has 1 aromatic carbocycles. The molecule has 1 aromatic rings. The Morgan fingerprint density at radius 1 is 1.12 bits per heavy atom. The maximum absolute atomic E-state index is 12.6. The summed E-state index contributed by atoms with van der Waals surface area (Å²) in [5, 5.41) is 4.35. The van der Waals surface area contributed by atoms with Gasteiger partial charge in [-0.3, -0.25) is 9.59 Å². The predicted molar refractivity (Wildman–Crippen MR) is 78.5 cm³/mol. The van der Waals surface area contributed by atoms with Gasteiger partial charge in [0.1, 0.15) is 0 Å². The van der Waals surface area contributed by atoms with Gasteiger partial charge in [-0.2, -0.15) is 13.2 Å². The molecule has 0 radical (unpaired) electrons. The molecule has 4 amide bonds. The van der Waals surface area contributed by atoms with Gasteiger partial charge in [0.25, 0.3) is 0 Å². The van der Waals surface area contributed by atoms with Gasteiger partial charge < -0.3 is 22.1 Å². The van der Waals surface area contributed by atoms with Crippen LogP contribution in [0.25, 0.3) is 0 Å². The topological polar surface area (TPSA) is 127 Å². The molecule has 132 valence electrons. The number of aryl methyl sites for hydroxylation is 1. The van der Waals surface area contributed by atoms with Crippen molar-refractivity contribution in [1.29, 1.82) is 0 Å². The van der Waals surface area contributed by atoms with Crippen LogP contribution in [0.2, 0.25) is 0 Å². The van der Waals surface area contributed by atoms with Crippen LogP contribution in [0.15, 0.2) is 24.3 Å². The van der Waals surface area contributed by atoms with Gasteiger partial charge in [0.2, 0.25) is 11.8 Å². The smallest absolute Gasteiger partial charge is 0.367 e. The normalized spacial score (nSPS) is 11.2. The first-order valence-electron chi connectivity index (χ1n) is 6.90. The van der Waals surface area contributed by atoms with Crippen LogP contribution in [0.5, 0.6) is 0 Å². The highest BCUT2D eigenvalue weighted by molar-refractivity contribution is 6.05. The van der Waals surface area contributed by atoms with Crippen LogP contribution < -0.4 is 22.1 Å². The van der Waals surface area contributed by atoms with Gasteiger partial charge in [-0.05, 0) is 24.5 Å². The molecule has 0 saturated heterocycles. The van der Waals surface area contributed by atoms with E-state index in [4.69, 9.17) is 11.5 Å². The van der Waals surface area contributed by atoms with E-state index in [1.807, 2.05) is 5.32 Å². The fraction of sp³-hybridized carbons (Fsp3) is 0.357. The molecule has 24 heavy (non-hydrogen) atoms. The van der Waals surface area contributed by atoms with Crippen LogP contribution in [0.1, 0.15) is 17.5 Å². The number of carbonyl (C=O) groups excluding carboxylic acids is 3. The number of alkyl halides is 3. The van der Waals surface area contributed by atoms with Crippen molar-refractivity contribution >= 4 is 17.8 Å². The van der Waals surface area contributed by atoms with E-state index in [-0.39, 0.29) is 6.54 Å². The number of carbonyl (C=O) groups is 3. The maximum Gasteiger partial charge on any atom is 0.416 e. The molecule has 0 atom stereocenters. The third-order valence-corrected chi connectivity index (χ3v) is 3.03. The third kappa shape index (κ3) is 6.15. The molecule has 0 spiro atoms. The fourth-order valence-electron chi connectivity index (χ4n) is 1.86. The Morgan fingerprint density at radius 2 is 1.75 bits per heavy atom. The van der Waals surface area contributed by atoms with Crippen LogP contribution in [-0.2, 0) is 22.2 Å². The Kier molecular flexibility index (Phi) is 6.57. The summed E-state index contributed by atoms with van der Waals surface area (Å²) in [6.45, 7) is 0.117. The van der Waals surface area contributed by atoms with E-state index in [2.05, 4.69) is 5.32 Å². The van der Waals surface area contributed by atoms with E-state index >= 15 is 0 Å². The minimum absolute atomic E-state index is 0.117. The summed E-state index contributed by atoms with van der Waals surface area (Å²) < 4.78 is 37.7. The summed E-state index contributed by atoms with van der Waals surface area (Å²) in [6.07, 6.45) is -3.75. The van der Waals surface area contributed by atoms with E-state index in [1.54, 1.807) is 6.07 Å². The van der Waals surface area contributed by atoms with Crippen molar-refractivity contribution in [3.8, 4) is 0 Å². The summed E-state index contributed by atoms with van der Waals surface area (Å²) in [5.74, 6) is -2.19. The second-order valence-electron chi connectivity index (χ2n) is 4.94. The number of hydrogen-bond donors (Lipinski definition) is 4. The van der Waals surface area contributed by atoms with Gasteiger partial charge in [-0.1, -0.05) is 18.2 Å². The van der Waals surface area contributed by atoms with Crippen LogP contribution in [0.4, 0.5) is 18.0 Å². The Hall–Kier alpha value is -2.78. The summed E-state index contributed by atoms with van der Waals surface area (Å²) in [5.41, 5.74) is 9.52. The molecular formula is C14H17F3N4O3. The van der Waals surface area contributed by atoms with E-state index in [0.29, 0.717) is 18.4 Å². The highest BCUT2D eigenvalue weighted by atomic mass is 19.4. The molecule has 10 heteroatoms. The van der Waals surface area contributed by atoms with Crippen LogP contribution in [0, 0.1) is 0 Å². The van der Waals surface area contributed by atoms with Crippen molar-refractivity contribution in [3.05, 3.63) is 35.4 Å². The van der Waals surface area contributed by atoms with Crippen molar-refractivity contribution in [2.75, 3.05) is 6.54 Å². The Morgan fingerprint density at radius 3 is 2.29 bits per heavy atom. The van der Waals surface area contributed by atoms with Gasteiger partial charge in [-0.15, -0.1) is 0 Å². The monoisotopic (exact) mass is 346 g/mol. The average Bonchev–Trinajstić information content (AvgIpc) is 2.48. The summed E-state index contributed by atoms with van der Waals surface area (Å²) in [7, 11) is 0. The second kappa shape index (κ2) is 8.18. The number of halogens is 3. The molecule has 6 N–H and O–H groups in total. The standard InChI is InChI=1S/C14H17F3N4O3/c15-14(16,17)9-5-1-3-8(7-9)4-2-6-20-13(24)21-10(11(18)22)12(19)23/h1,3,5,7,10H,2,4,6H2,(H2,18,22)(H2,19,23)(H2,20,21,24). The van der Waals surface area contributed by atoms with E-state index in [9.17, 15) is 27.6 Å². The lowest BCUT2D eigenvalue weighted by Gasteiger charge is -2.13. The minimum atomic E-state index is -4.41. The first-order chi connectivity index (χ1) is 11.1. The van der Waals surface area contributed by atoms with Crippen molar-refractivity contribution in [2.45, 2.75) is 25.1 Å². The number of nitrogens with one attached hydrogen (secondary N) is 2. The molecule has 0 bridgehead atoms. The van der Waals surface area contributed by atoms with Gasteiger partial charge in [0, 0.05) is 6.54 Å². The number of hydrogen-bond acceptors (Lipinski definition) is 3. The zero-order valence-corrected chi connectivity index (χ0v) is 12.5. The molecule has 0 saturated carbocycles. The quantitative estimate of drug-likeness (QED) is 0.418. The zero-order valence-electron chi connectivity index (χ0n) is 12.5. The Balaban J connectivity index is 2.42. The van der Waals surface area contributed by atoms with E-state index < -0.39 is 35.6 Å². The van der Waals surface area contributed by atoms with Crippen LogP contribution in [-0.4, -0.2) is 30.4 Å². The number of nitrogens with two attached hydrogens (primary N) is 2. The van der Waals surface area contributed by atoms with Crippen molar-refractivity contribution in [2.24, 2.45) is 11.5 Å². The van der Waals surface area contributed by atoms with Gasteiger partial charge in [-0.25, -0.2) is 4.79 Å². The maximum atomic E-state index is 12.6. The van der Waals surface area contributed by atoms with E-state index in [0.717, 1.165) is 12.1 Å². The summed E-state index contributed by atoms with van der Waals surface area (Å²) in [4.78, 5) is 33.3. The zero-order chi connectivity index (χ0) is 18.3. The lowest BCUT2D eigenvalue weighted by molar-refractivity contribution is -0.137. The molecule has 7 nitrogen and oxygen atoms in total. The van der Waals surface area contributed by atoms with Crippen LogP contribution in [0.3, 0.4) is 0 Å². The summed E-state index contributed by atoms with van der Waals surface area (Å²) in [6, 6.07) is 2.41. The second-order valence-corrected chi connectivity index (χ2v) is 4.94. The van der Waals surface area contributed by atoms with Crippen molar-refractivity contribution in [3.63, 3.8) is 0 Å². The third-order valence-electron chi connectivity index (χ3n) is 3.03. The minimum Gasteiger partial charge on any atom is -0.367 e. The number of primary amides is 2. The SMILES string of the molecule is NC(=O)C(NC(=O)NCCCc1cccc(C(F)(F)F)c1)C(N)=O. The average molecular weight is 346 g/mol. The fourth-order valence-corrected chi connectivity index (χ4v) is 1.86. The Bertz CT molecular complexity index is 606. The van der Waals surface area contributed by atoms with Gasteiger partial charge >= 0.3 is 12.2 Å². The first kappa shape index (κ1) is 19.3. The predicted octanol–water partition coefficient (Wildman–Crippen LogP) is 0.276. The highest BCUT2D eigenvalue weighted by Crippen LogP contribution is 2.29. The molecule has 0 aliphatic heterocycles. The molecule has 0 aliphatic carbocycles. The molecule has 0 aliphatic rings. The van der Waals surface area contributed by atoms with Gasteiger partial charge in [0.15, 0.2) is 6.04 Å². The number of amides is 4. The largest absolute Gasteiger partial charge is 0.416 e. The number of rotatable bonds is 7. The van der Waals surface area contributed by atoms with Crippen LogP contribution >= 0.6 is 0 Å². The highest BCUT2D eigenvalue weighted by Gasteiger charge is 2.30. The molecule has 0 aromatic heterocycles. The number of urea groups is 1. The van der Waals surface area contributed by atoms with Crippen molar-refractivity contribution in [1.82, 2.24) is 10.6 Å². The van der Waals surface area contributed by atoms with E-state index in [1.165, 1.54) is 6.07 Å². The van der Waals surface area contributed by atoms with Crippen molar-refractivity contribution < 1.29 is 27.6 Å². The van der Waals surface area contributed by atoms with Gasteiger partial charge in [0.05, 0.1) is 5.56 Å².